The van der Waals surface area contributed by atoms with Gasteiger partial charge in [-0.15, -0.1) is 0 Å². The molecule has 2 aromatic rings. The maximum absolute atomic E-state index is 11.5. The van der Waals surface area contributed by atoms with Gasteiger partial charge in [-0.1, -0.05) is 26.7 Å². The van der Waals surface area contributed by atoms with E-state index in [0.29, 0.717) is 17.9 Å². The Morgan fingerprint density at radius 3 is 2.59 bits per heavy atom. The number of carbonyl (C=O) groups is 1. The van der Waals surface area contributed by atoms with Crippen molar-refractivity contribution in [3.63, 3.8) is 0 Å². The molecule has 0 spiro atoms. The van der Waals surface area contributed by atoms with Gasteiger partial charge in [-0.05, 0) is 75.3 Å². The van der Waals surface area contributed by atoms with Crippen molar-refractivity contribution in [2.45, 2.75) is 84.7 Å². The smallest absolute Gasteiger partial charge is 0.195 e. The second-order valence-electron chi connectivity index (χ2n) is 10.4. The topological polar surface area (TPSA) is 61.6 Å². The molecule has 176 valence electrons. The van der Waals surface area contributed by atoms with Crippen LogP contribution in [0.2, 0.25) is 0 Å². The second-order valence-corrected chi connectivity index (χ2v) is 10.4. The summed E-state index contributed by atoms with van der Waals surface area (Å²) in [6, 6.07) is 5.99. The molecule has 0 N–H and O–H groups in total. The maximum atomic E-state index is 11.5. The van der Waals surface area contributed by atoms with E-state index in [0.717, 1.165) is 86.8 Å². The van der Waals surface area contributed by atoms with Gasteiger partial charge in [0.05, 0.1) is 12.7 Å². The van der Waals surface area contributed by atoms with Gasteiger partial charge in [0.1, 0.15) is 17.0 Å². The van der Waals surface area contributed by atoms with Crippen molar-refractivity contribution in [1.29, 1.82) is 0 Å². The number of hydrogen-bond acceptors (Lipinski definition) is 5. The first-order valence-electron chi connectivity index (χ1n) is 12.6. The number of ketones is 1. The van der Waals surface area contributed by atoms with Crippen molar-refractivity contribution >= 4 is 16.9 Å². The zero-order valence-electron chi connectivity index (χ0n) is 20.0. The molecule has 0 bridgehead atoms. The van der Waals surface area contributed by atoms with Crippen molar-refractivity contribution in [1.82, 2.24) is 4.98 Å². The molecule has 0 radical (unpaired) electrons. The van der Waals surface area contributed by atoms with Crippen LogP contribution >= 0.6 is 0 Å². The van der Waals surface area contributed by atoms with E-state index in [-0.39, 0.29) is 11.7 Å². The Hall–Kier alpha value is -1.88. The second kappa shape index (κ2) is 10.8. The number of benzene rings is 1. The van der Waals surface area contributed by atoms with E-state index < -0.39 is 0 Å². The minimum atomic E-state index is 0.131. The fourth-order valence-electron chi connectivity index (χ4n) is 4.77. The quantitative estimate of drug-likeness (QED) is 0.383. The summed E-state index contributed by atoms with van der Waals surface area (Å²) in [7, 11) is 0. The first-order valence-corrected chi connectivity index (χ1v) is 12.6. The molecular weight excluding hydrogens is 402 g/mol. The van der Waals surface area contributed by atoms with Gasteiger partial charge in [0.25, 0.3) is 0 Å². The van der Waals surface area contributed by atoms with E-state index in [9.17, 15) is 4.79 Å². The lowest BCUT2D eigenvalue weighted by Gasteiger charge is -2.29. The normalized spacial score (nSPS) is 23.2. The Balaban J connectivity index is 1.19. The Morgan fingerprint density at radius 2 is 1.88 bits per heavy atom. The number of rotatable bonds is 12. The fraction of sp³-hybridized carbons (Fsp3) is 0.704. The third kappa shape index (κ3) is 6.81. The molecule has 2 fully saturated rings. The van der Waals surface area contributed by atoms with Crippen LogP contribution in [-0.2, 0) is 16.0 Å². The molecular formula is C27H39NO4. The van der Waals surface area contributed by atoms with Crippen molar-refractivity contribution in [3.8, 4) is 5.75 Å². The van der Waals surface area contributed by atoms with E-state index in [2.05, 4.69) is 6.92 Å². The van der Waals surface area contributed by atoms with Gasteiger partial charge in [-0.25, -0.2) is 4.98 Å². The molecule has 2 saturated carbocycles. The number of oxazole rings is 1. The van der Waals surface area contributed by atoms with Crippen molar-refractivity contribution in [2.75, 3.05) is 13.2 Å². The number of fused-ring (bicyclic) bond motifs is 1. The number of aromatic nitrogens is 1. The van der Waals surface area contributed by atoms with E-state index in [1.165, 1.54) is 12.8 Å². The van der Waals surface area contributed by atoms with Gasteiger partial charge >= 0.3 is 0 Å². The van der Waals surface area contributed by atoms with Crippen LogP contribution in [0.15, 0.2) is 22.6 Å². The predicted octanol–water partition coefficient (Wildman–Crippen LogP) is 6.38. The number of hydrogen-bond donors (Lipinski definition) is 0. The Kier molecular flexibility index (Phi) is 7.88. The molecule has 32 heavy (non-hydrogen) atoms. The molecule has 4 rings (SSSR count). The molecule has 1 aromatic carbocycles. The van der Waals surface area contributed by atoms with Gasteiger partial charge in [0, 0.05) is 25.0 Å². The van der Waals surface area contributed by atoms with Crippen LogP contribution in [0.5, 0.6) is 5.75 Å². The van der Waals surface area contributed by atoms with E-state index in [1.54, 1.807) is 6.92 Å². The summed E-state index contributed by atoms with van der Waals surface area (Å²) in [6.07, 6.45) is 10.5. The summed E-state index contributed by atoms with van der Waals surface area (Å²) in [5.74, 6) is 4.04. The molecule has 5 nitrogen and oxygen atoms in total. The molecule has 2 aliphatic carbocycles. The highest BCUT2D eigenvalue weighted by molar-refractivity contribution is 5.77. The van der Waals surface area contributed by atoms with Gasteiger partial charge in [0.15, 0.2) is 11.5 Å². The van der Waals surface area contributed by atoms with Crippen molar-refractivity contribution in [3.05, 3.63) is 24.1 Å². The van der Waals surface area contributed by atoms with E-state index >= 15 is 0 Å². The number of ether oxygens (including phenoxy) is 2. The average Bonchev–Trinajstić information content (AvgIpc) is 3.51. The molecule has 1 aromatic heterocycles. The third-order valence-electron chi connectivity index (χ3n) is 7.22. The molecule has 2 aliphatic rings. The van der Waals surface area contributed by atoms with Gasteiger partial charge in [0.2, 0.25) is 0 Å². The molecule has 0 saturated heterocycles. The summed E-state index contributed by atoms with van der Waals surface area (Å²) in [5.41, 5.74) is 1.75. The van der Waals surface area contributed by atoms with Crippen molar-refractivity contribution in [2.24, 2.45) is 23.7 Å². The van der Waals surface area contributed by atoms with E-state index in [4.69, 9.17) is 18.9 Å². The minimum absolute atomic E-state index is 0.131. The fourth-order valence-corrected chi connectivity index (χ4v) is 4.77. The highest BCUT2D eigenvalue weighted by Gasteiger charge is 2.25. The SMILES string of the molecule is CC(=O)C(C)CC(C)COC1CCC(Cc2nc3ccc(OCCC4CC4)cc3o2)CC1. The molecule has 5 heteroatoms. The number of nitrogens with zero attached hydrogens (tertiary/aromatic N) is 1. The highest BCUT2D eigenvalue weighted by Crippen LogP contribution is 2.33. The number of carbonyl (C=O) groups excluding carboxylic acids is 1. The van der Waals surface area contributed by atoms with Crippen LogP contribution < -0.4 is 4.74 Å². The minimum Gasteiger partial charge on any atom is -0.493 e. The van der Waals surface area contributed by atoms with Crippen LogP contribution in [0.1, 0.15) is 78.0 Å². The monoisotopic (exact) mass is 441 g/mol. The molecule has 2 atom stereocenters. The average molecular weight is 442 g/mol. The predicted molar refractivity (Wildman–Crippen MR) is 126 cm³/mol. The lowest BCUT2D eigenvalue weighted by Crippen LogP contribution is -2.25. The Morgan fingerprint density at radius 1 is 1.12 bits per heavy atom. The molecule has 0 aliphatic heterocycles. The van der Waals surface area contributed by atoms with Gasteiger partial charge in [-0.2, -0.15) is 0 Å². The van der Waals surface area contributed by atoms with E-state index in [1.807, 2.05) is 25.1 Å². The lowest BCUT2D eigenvalue weighted by atomic mass is 9.85. The van der Waals surface area contributed by atoms with Crippen LogP contribution in [0.25, 0.3) is 11.1 Å². The molecule has 1 heterocycles. The highest BCUT2D eigenvalue weighted by atomic mass is 16.5. The molecule has 0 amide bonds. The van der Waals surface area contributed by atoms with Crippen molar-refractivity contribution < 1.29 is 18.7 Å². The maximum Gasteiger partial charge on any atom is 0.195 e. The van der Waals surface area contributed by atoms with Gasteiger partial charge in [-0.3, -0.25) is 4.79 Å². The Labute approximate surface area is 192 Å². The first kappa shape index (κ1) is 23.3. The zero-order valence-corrected chi connectivity index (χ0v) is 20.0. The van der Waals surface area contributed by atoms with Gasteiger partial charge < -0.3 is 13.9 Å². The summed E-state index contributed by atoms with van der Waals surface area (Å²) >= 11 is 0. The largest absolute Gasteiger partial charge is 0.493 e. The Bertz CT molecular complexity index is 879. The lowest BCUT2D eigenvalue weighted by molar-refractivity contribution is -0.120. The van der Waals surface area contributed by atoms with Crippen LogP contribution in [0.3, 0.4) is 0 Å². The standard InChI is InChI=1S/C27H39NO4/c1-18(14-19(2)20(3)29)17-31-23-8-6-22(7-9-23)15-27-28-25-11-10-24(16-26(25)32-27)30-13-12-21-4-5-21/h10-11,16,18-19,21-23H,4-9,12-15,17H2,1-3H3. The number of Topliss-reactive ketones (excluding diaryl/α,β-unsaturated/α-hetero) is 1. The van der Waals surface area contributed by atoms with Crippen LogP contribution in [-0.4, -0.2) is 30.1 Å². The molecule has 2 unspecified atom stereocenters. The third-order valence-corrected chi connectivity index (χ3v) is 7.22. The van der Waals surface area contributed by atoms with Crippen LogP contribution in [0.4, 0.5) is 0 Å². The summed E-state index contributed by atoms with van der Waals surface area (Å²) < 4.78 is 18.1. The first-order chi connectivity index (χ1) is 15.5. The van der Waals surface area contributed by atoms with Crippen LogP contribution in [0, 0.1) is 23.7 Å². The summed E-state index contributed by atoms with van der Waals surface area (Å²) in [5, 5.41) is 0. The summed E-state index contributed by atoms with van der Waals surface area (Å²) in [6.45, 7) is 7.42. The summed E-state index contributed by atoms with van der Waals surface area (Å²) in [4.78, 5) is 16.2. The zero-order chi connectivity index (χ0) is 22.5.